The fourth-order valence-electron chi connectivity index (χ4n) is 2.85. The molecule has 0 aliphatic carbocycles. The van der Waals surface area contributed by atoms with Gasteiger partial charge >= 0.3 is 0 Å². The van der Waals surface area contributed by atoms with Gasteiger partial charge in [0.2, 0.25) is 0 Å². The molecule has 1 aliphatic rings. The van der Waals surface area contributed by atoms with Gasteiger partial charge in [-0.25, -0.2) is 9.37 Å². The van der Waals surface area contributed by atoms with Crippen molar-refractivity contribution >= 4 is 17.5 Å². The topological polar surface area (TPSA) is 50.2 Å². The Hall–Kier alpha value is -1.92. The first-order valence-corrected chi connectivity index (χ1v) is 7.81. The predicted molar refractivity (Wildman–Crippen MR) is 86.0 cm³/mol. The Kier molecular flexibility index (Phi) is 4.37. The van der Waals surface area contributed by atoms with Gasteiger partial charge in [-0.05, 0) is 24.6 Å². The molecule has 1 N–H and O–H groups in total. The Morgan fingerprint density at radius 2 is 2.26 bits per heavy atom. The lowest BCUT2D eigenvalue weighted by molar-refractivity contribution is 0.0621. The van der Waals surface area contributed by atoms with Crippen LogP contribution in [0.5, 0.6) is 0 Å². The number of halogens is 2. The molecule has 2 heterocycles. The number of nitrogens with zero attached hydrogens (tertiary/aromatic N) is 3. The molecule has 1 unspecified atom stereocenters. The van der Waals surface area contributed by atoms with Crippen molar-refractivity contribution in [1.82, 2.24) is 19.8 Å². The van der Waals surface area contributed by atoms with Crippen molar-refractivity contribution in [2.24, 2.45) is 7.05 Å². The van der Waals surface area contributed by atoms with Gasteiger partial charge in [0.25, 0.3) is 5.91 Å². The number of hydrogen-bond donors (Lipinski definition) is 1. The van der Waals surface area contributed by atoms with Crippen molar-refractivity contribution < 1.29 is 9.18 Å². The number of aryl methyl sites for hydroxylation is 2. The second-order valence-corrected chi connectivity index (χ2v) is 6.10. The quantitative estimate of drug-likeness (QED) is 0.915. The van der Waals surface area contributed by atoms with E-state index in [-0.39, 0.29) is 17.0 Å². The highest BCUT2D eigenvalue weighted by atomic mass is 35.5. The third kappa shape index (κ3) is 2.96. The highest BCUT2D eigenvalue weighted by Gasteiger charge is 2.32. The van der Waals surface area contributed by atoms with E-state index >= 15 is 0 Å². The Morgan fingerprint density at radius 3 is 2.96 bits per heavy atom. The Balaban J connectivity index is 1.96. The molecule has 1 aliphatic heterocycles. The Labute approximate surface area is 139 Å². The van der Waals surface area contributed by atoms with Crippen LogP contribution in [0, 0.1) is 12.7 Å². The number of amides is 1. The lowest BCUT2D eigenvalue weighted by Crippen LogP contribution is -2.49. The molecule has 7 heteroatoms. The van der Waals surface area contributed by atoms with Crippen LogP contribution in [0.1, 0.15) is 27.8 Å². The number of nitrogens with one attached hydrogen (secondary N) is 1. The average Bonchev–Trinajstić information content (AvgIpc) is 2.96. The molecule has 5 nitrogen and oxygen atoms in total. The van der Waals surface area contributed by atoms with E-state index < -0.39 is 5.82 Å². The van der Waals surface area contributed by atoms with Crippen LogP contribution >= 0.6 is 11.6 Å². The average molecular weight is 337 g/mol. The number of aromatic nitrogens is 2. The van der Waals surface area contributed by atoms with Gasteiger partial charge in [0.05, 0.1) is 10.6 Å². The number of carbonyl (C=O) groups excluding carboxylic acids is 1. The van der Waals surface area contributed by atoms with Gasteiger partial charge in [0, 0.05) is 39.1 Å². The summed E-state index contributed by atoms with van der Waals surface area (Å²) in [4.78, 5) is 19.1. The maximum atomic E-state index is 13.6. The SMILES string of the molecule is Cc1cc(C(=O)N2CCNCC2c2nccn2C)c(Cl)cc1F. The summed E-state index contributed by atoms with van der Waals surface area (Å²) in [5, 5.41) is 3.42. The van der Waals surface area contributed by atoms with E-state index in [0.717, 1.165) is 5.82 Å². The normalized spacial score (nSPS) is 18.3. The molecular weight excluding hydrogens is 319 g/mol. The molecule has 1 saturated heterocycles. The third-order valence-electron chi connectivity index (χ3n) is 4.14. The molecule has 3 rings (SSSR count). The van der Waals surface area contributed by atoms with E-state index in [0.29, 0.717) is 30.8 Å². The van der Waals surface area contributed by atoms with Gasteiger partial charge in [-0.1, -0.05) is 11.6 Å². The van der Waals surface area contributed by atoms with Gasteiger partial charge in [-0.2, -0.15) is 0 Å². The van der Waals surface area contributed by atoms with Gasteiger partial charge in [0.1, 0.15) is 17.7 Å². The Bertz CT molecular complexity index is 746. The largest absolute Gasteiger partial charge is 0.336 e. The summed E-state index contributed by atoms with van der Waals surface area (Å²) >= 11 is 6.10. The summed E-state index contributed by atoms with van der Waals surface area (Å²) in [5.74, 6) is 0.195. The first kappa shape index (κ1) is 16.0. The minimum absolute atomic E-state index is 0.134. The maximum Gasteiger partial charge on any atom is 0.256 e. The monoisotopic (exact) mass is 336 g/mol. The molecule has 1 amide bonds. The second-order valence-electron chi connectivity index (χ2n) is 5.70. The molecule has 1 atom stereocenters. The first-order valence-electron chi connectivity index (χ1n) is 7.43. The van der Waals surface area contributed by atoms with Crippen LogP contribution in [-0.2, 0) is 7.05 Å². The molecule has 122 valence electrons. The van der Waals surface area contributed by atoms with Crippen LogP contribution < -0.4 is 5.32 Å². The molecule has 0 spiro atoms. The van der Waals surface area contributed by atoms with Crippen LogP contribution in [0.25, 0.3) is 0 Å². The summed E-state index contributed by atoms with van der Waals surface area (Å²) in [5.41, 5.74) is 0.730. The molecule has 23 heavy (non-hydrogen) atoms. The summed E-state index contributed by atoms with van der Waals surface area (Å²) in [7, 11) is 1.90. The third-order valence-corrected chi connectivity index (χ3v) is 4.45. The number of benzene rings is 1. The first-order chi connectivity index (χ1) is 11.0. The molecule has 0 bridgehead atoms. The summed E-state index contributed by atoms with van der Waals surface area (Å²) in [6.45, 7) is 3.48. The highest BCUT2D eigenvalue weighted by Crippen LogP contribution is 2.27. The van der Waals surface area contributed by atoms with E-state index in [2.05, 4.69) is 10.3 Å². The molecule has 0 saturated carbocycles. The summed E-state index contributed by atoms with van der Waals surface area (Å²) in [6.07, 6.45) is 3.56. The van der Waals surface area contributed by atoms with Gasteiger partial charge in [0.15, 0.2) is 0 Å². The maximum absolute atomic E-state index is 13.6. The van der Waals surface area contributed by atoms with Crippen molar-refractivity contribution in [3.05, 3.63) is 52.3 Å². The molecular formula is C16H18ClFN4O. The van der Waals surface area contributed by atoms with Crippen molar-refractivity contribution in [2.75, 3.05) is 19.6 Å². The van der Waals surface area contributed by atoms with Crippen LogP contribution in [0.4, 0.5) is 4.39 Å². The van der Waals surface area contributed by atoms with Crippen molar-refractivity contribution in [1.29, 1.82) is 0 Å². The van der Waals surface area contributed by atoms with Crippen molar-refractivity contribution in [3.8, 4) is 0 Å². The minimum Gasteiger partial charge on any atom is -0.336 e. The molecule has 1 fully saturated rings. The number of imidazole rings is 1. The van der Waals surface area contributed by atoms with E-state index in [1.807, 2.05) is 17.8 Å². The molecule has 0 radical (unpaired) electrons. The van der Waals surface area contributed by atoms with Crippen molar-refractivity contribution in [3.63, 3.8) is 0 Å². The van der Waals surface area contributed by atoms with Crippen LogP contribution in [-0.4, -0.2) is 40.0 Å². The van der Waals surface area contributed by atoms with Gasteiger partial charge in [-0.15, -0.1) is 0 Å². The summed E-state index contributed by atoms with van der Waals surface area (Å²) < 4.78 is 15.5. The van der Waals surface area contributed by atoms with E-state index in [4.69, 9.17) is 11.6 Å². The lowest BCUT2D eigenvalue weighted by Gasteiger charge is -2.36. The van der Waals surface area contributed by atoms with Gasteiger partial charge < -0.3 is 14.8 Å². The minimum atomic E-state index is -0.410. The smallest absolute Gasteiger partial charge is 0.256 e. The number of rotatable bonds is 2. The van der Waals surface area contributed by atoms with Crippen LogP contribution in [0.2, 0.25) is 5.02 Å². The zero-order valence-corrected chi connectivity index (χ0v) is 13.8. The number of carbonyl (C=O) groups is 1. The second kappa shape index (κ2) is 6.29. The Morgan fingerprint density at radius 1 is 1.48 bits per heavy atom. The molecule has 1 aromatic heterocycles. The standard InChI is InChI=1S/C16H18ClFN4O/c1-10-7-11(12(17)8-13(10)18)16(23)22-6-3-19-9-14(22)15-20-4-5-21(15)2/h4-5,7-8,14,19H,3,6,9H2,1-2H3. The number of hydrogen-bond acceptors (Lipinski definition) is 3. The molecule has 2 aromatic rings. The van der Waals surface area contributed by atoms with Crippen LogP contribution in [0.15, 0.2) is 24.5 Å². The zero-order chi connectivity index (χ0) is 16.6. The lowest BCUT2D eigenvalue weighted by atomic mass is 10.1. The molecule has 1 aromatic carbocycles. The highest BCUT2D eigenvalue weighted by molar-refractivity contribution is 6.33. The van der Waals surface area contributed by atoms with Crippen LogP contribution in [0.3, 0.4) is 0 Å². The zero-order valence-electron chi connectivity index (χ0n) is 13.0. The van der Waals surface area contributed by atoms with Crippen molar-refractivity contribution in [2.45, 2.75) is 13.0 Å². The fraction of sp³-hybridized carbons (Fsp3) is 0.375. The van der Waals surface area contributed by atoms with E-state index in [1.54, 1.807) is 18.0 Å². The van der Waals surface area contributed by atoms with E-state index in [1.165, 1.54) is 12.1 Å². The van der Waals surface area contributed by atoms with Gasteiger partial charge in [-0.3, -0.25) is 4.79 Å². The predicted octanol–water partition coefficient (Wildman–Crippen LogP) is 2.31. The number of piperazine rings is 1. The van der Waals surface area contributed by atoms with E-state index in [9.17, 15) is 9.18 Å². The fourth-order valence-corrected chi connectivity index (χ4v) is 3.08. The summed E-state index contributed by atoms with van der Waals surface area (Å²) in [6, 6.07) is 2.53.